The Bertz CT molecular complexity index is 74.1. The van der Waals surface area contributed by atoms with Gasteiger partial charge in [0.2, 0.25) is 0 Å². The van der Waals surface area contributed by atoms with Crippen LogP contribution in [-0.4, -0.2) is 25.3 Å². The van der Waals surface area contributed by atoms with Crippen molar-refractivity contribution in [3.8, 4) is 0 Å². The van der Waals surface area contributed by atoms with E-state index in [2.05, 4.69) is 5.32 Å². The summed E-state index contributed by atoms with van der Waals surface area (Å²) >= 11 is 0. The molecule has 0 spiro atoms. The van der Waals surface area contributed by atoms with E-state index in [1.807, 2.05) is 0 Å². The standard InChI is InChI=1S/C5H9NO/c1-2-7-3-5-4(1)6-5/h4-6H,1-3H2/t4-,5-/m1/s1. The van der Waals surface area contributed by atoms with E-state index >= 15 is 0 Å². The van der Waals surface area contributed by atoms with Gasteiger partial charge in [-0.05, 0) is 6.42 Å². The molecule has 0 amide bonds. The Labute approximate surface area is 42.9 Å². The summed E-state index contributed by atoms with van der Waals surface area (Å²) in [5.41, 5.74) is 0. The van der Waals surface area contributed by atoms with Crippen LogP contribution in [0, 0.1) is 0 Å². The van der Waals surface area contributed by atoms with Crippen molar-refractivity contribution in [3.05, 3.63) is 0 Å². The fraction of sp³-hybridized carbons (Fsp3) is 1.00. The van der Waals surface area contributed by atoms with Crippen molar-refractivity contribution in [1.82, 2.24) is 5.32 Å². The lowest BCUT2D eigenvalue weighted by molar-refractivity contribution is 0.114. The Kier molecular flexibility index (Phi) is 0.664. The van der Waals surface area contributed by atoms with Gasteiger partial charge in [-0.1, -0.05) is 0 Å². The minimum absolute atomic E-state index is 0.730. The number of hydrogen-bond acceptors (Lipinski definition) is 2. The molecule has 0 radical (unpaired) electrons. The molecule has 0 aliphatic carbocycles. The Morgan fingerprint density at radius 1 is 1.43 bits per heavy atom. The van der Waals surface area contributed by atoms with E-state index in [-0.39, 0.29) is 0 Å². The molecule has 0 unspecified atom stereocenters. The predicted octanol–water partition coefficient (Wildman–Crippen LogP) is -0.253. The highest BCUT2D eigenvalue weighted by molar-refractivity contribution is 4.99. The van der Waals surface area contributed by atoms with E-state index in [1.54, 1.807) is 0 Å². The van der Waals surface area contributed by atoms with Crippen LogP contribution in [0.25, 0.3) is 0 Å². The van der Waals surface area contributed by atoms with Crippen LogP contribution in [0.5, 0.6) is 0 Å². The van der Waals surface area contributed by atoms with Crippen LogP contribution in [0.4, 0.5) is 0 Å². The second kappa shape index (κ2) is 1.20. The third-order valence-electron chi connectivity index (χ3n) is 1.68. The lowest BCUT2D eigenvalue weighted by Gasteiger charge is -2.05. The lowest BCUT2D eigenvalue weighted by atomic mass is 10.2. The van der Waals surface area contributed by atoms with Gasteiger partial charge in [0.1, 0.15) is 0 Å². The second-order valence-electron chi connectivity index (χ2n) is 2.24. The first-order valence-electron chi connectivity index (χ1n) is 2.80. The molecule has 2 aliphatic rings. The molecule has 2 fully saturated rings. The van der Waals surface area contributed by atoms with Crippen LogP contribution < -0.4 is 5.32 Å². The van der Waals surface area contributed by atoms with Crippen LogP contribution >= 0.6 is 0 Å². The Balaban J connectivity index is 1.95. The van der Waals surface area contributed by atoms with Crippen molar-refractivity contribution < 1.29 is 4.74 Å². The summed E-state index contributed by atoms with van der Waals surface area (Å²) in [5, 5.41) is 3.31. The van der Waals surface area contributed by atoms with Gasteiger partial charge in [-0.25, -0.2) is 0 Å². The van der Waals surface area contributed by atoms with E-state index in [0.29, 0.717) is 0 Å². The van der Waals surface area contributed by atoms with Crippen molar-refractivity contribution >= 4 is 0 Å². The van der Waals surface area contributed by atoms with Gasteiger partial charge < -0.3 is 10.1 Å². The molecule has 2 heterocycles. The smallest absolute Gasteiger partial charge is 0.0634 e. The molecular weight excluding hydrogens is 90.1 g/mol. The molecule has 2 saturated heterocycles. The van der Waals surface area contributed by atoms with Crippen molar-refractivity contribution in [2.45, 2.75) is 18.5 Å². The van der Waals surface area contributed by atoms with Crippen LogP contribution in [-0.2, 0) is 4.74 Å². The fourth-order valence-corrected chi connectivity index (χ4v) is 1.09. The maximum absolute atomic E-state index is 5.16. The van der Waals surface area contributed by atoms with Crippen molar-refractivity contribution in [1.29, 1.82) is 0 Å². The molecule has 0 bridgehead atoms. The Hall–Kier alpha value is -0.0800. The highest BCUT2D eigenvalue weighted by Gasteiger charge is 2.38. The first kappa shape index (κ1) is 3.87. The largest absolute Gasteiger partial charge is 0.380 e. The zero-order valence-corrected chi connectivity index (χ0v) is 4.18. The fourth-order valence-electron chi connectivity index (χ4n) is 1.09. The Morgan fingerprint density at radius 3 is 3.00 bits per heavy atom. The monoisotopic (exact) mass is 99.1 g/mol. The van der Waals surface area contributed by atoms with Gasteiger partial charge in [-0.3, -0.25) is 0 Å². The van der Waals surface area contributed by atoms with Gasteiger partial charge in [0.15, 0.2) is 0 Å². The van der Waals surface area contributed by atoms with Gasteiger partial charge >= 0.3 is 0 Å². The molecule has 40 valence electrons. The van der Waals surface area contributed by atoms with Crippen molar-refractivity contribution in [3.63, 3.8) is 0 Å². The van der Waals surface area contributed by atoms with E-state index in [0.717, 1.165) is 25.3 Å². The molecule has 0 saturated carbocycles. The van der Waals surface area contributed by atoms with Crippen LogP contribution in [0.15, 0.2) is 0 Å². The first-order chi connectivity index (χ1) is 3.47. The van der Waals surface area contributed by atoms with Crippen LogP contribution in [0.2, 0.25) is 0 Å². The SMILES string of the molecule is C1C[C@H]2N[C@@H]2CO1. The number of rotatable bonds is 0. The summed E-state index contributed by atoms with van der Waals surface area (Å²) in [5.74, 6) is 0. The number of hydrogen-bond donors (Lipinski definition) is 1. The predicted molar refractivity (Wildman–Crippen MR) is 26.1 cm³/mol. The summed E-state index contributed by atoms with van der Waals surface area (Å²) in [7, 11) is 0. The average Bonchev–Trinajstić information content (AvgIpc) is 2.41. The highest BCUT2D eigenvalue weighted by atomic mass is 16.5. The van der Waals surface area contributed by atoms with Crippen LogP contribution in [0.1, 0.15) is 6.42 Å². The molecule has 2 nitrogen and oxygen atoms in total. The summed E-state index contributed by atoms with van der Waals surface area (Å²) in [6, 6.07) is 1.56. The zero-order valence-electron chi connectivity index (χ0n) is 4.18. The topological polar surface area (TPSA) is 31.2 Å². The number of nitrogens with one attached hydrogen (secondary N) is 1. The zero-order chi connectivity index (χ0) is 4.69. The van der Waals surface area contributed by atoms with E-state index in [4.69, 9.17) is 4.74 Å². The molecule has 0 aromatic carbocycles. The molecule has 7 heavy (non-hydrogen) atoms. The normalized spacial score (nSPS) is 48.0. The summed E-state index contributed by atoms with van der Waals surface area (Å²) in [6.07, 6.45) is 1.23. The van der Waals surface area contributed by atoms with Crippen molar-refractivity contribution in [2.24, 2.45) is 0 Å². The second-order valence-corrected chi connectivity index (χ2v) is 2.24. The van der Waals surface area contributed by atoms with E-state index in [9.17, 15) is 0 Å². The molecule has 0 aromatic heterocycles. The third kappa shape index (κ3) is 0.545. The minimum Gasteiger partial charge on any atom is -0.380 e. The molecule has 1 N–H and O–H groups in total. The van der Waals surface area contributed by atoms with Crippen molar-refractivity contribution in [2.75, 3.05) is 13.2 Å². The van der Waals surface area contributed by atoms with Gasteiger partial charge in [-0.2, -0.15) is 0 Å². The van der Waals surface area contributed by atoms with E-state index in [1.165, 1.54) is 6.42 Å². The van der Waals surface area contributed by atoms with Gasteiger partial charge in [0, 0.05) is 18.7 Å². The summed E-state index contributed by atoms with van der Waals surface area (Å²) < 4.78 is 5.16. The summed E-state index contributed by atoms with van der Waals surface area (Å²) in [4.78, 5) is 0. The average molecular weight is 99.1 g/mol. The number of ether oxygens (including phenoxy) is 1. The third-order valence-corrected chi connectivity index (χ3v) is 1.68. The van der Waals surface area contributed by atoms with E-state index < -0.39 is 0 Å². The molecule has 2 atom stereocenters. The maximum Gasteiger partial charge on any atom is 0.0634 e. The van der Waals surface area contributed by atoms with Crippen LogP contribution in [0.3, 0.4) is 0 Å². The first-order valence-corrected chi connectivity index (χ1v) is 2.80. The quantitative estimate of drug-likeness (QED) is 0.424. The highest BCUT2D eigenvalue weighted by Crippen LogP contribution is 2.19. The minimum atomic E-state index is 0.730. The molecular formula is C5H9NO. The van der Waals surface area contributed by atoms with Gasteiger partial charge in [0.25, 0.3) is 0 Å². The molecule has 2 rings (SSSR count). The summed E-state index contributed by atoms with van der Waals surface area (Å²) in [6.45, 7) is 1.92. The molecule has 0 aromatic rings. The molecule has 2 aliphatic heterocycles. The van der Waals surface area contributed by atoms with Gasteiger partial charge in [-0.15, -0.1) is 0 Å². The van der Waals surface area contributed by atoms with Gasteiger partial charge in [0.05, 0.1) is 6.61 Å². The Morgan fingerprint density at radius 2 is 2.43 bits per heavy atom. The number of fused-ring (bicyclic) bond motifs is 1. The maximum atomic E-state index is 5.16. The molecule has 2 heteroatoms. The lowest BCUT2D eigenvalue weighted by Crippen LogP contribution is -2.13.